The van der Waals surface area contributed by atoms with Crippen LogP contribution in [0.15, 0.2) is 18.2 Å². The molecule has 1 aromatic carbocycles. The van der Waals surface area contributed by atoms with E-state index < -0.39 is 0 Å². The number of anilines is 1. The van der Waals surface area contributed by atoms with E-state index in [-0.39, 0.29) is 18.4 Å². The Labute approximate surface area is 102 Å². The zero-order chi connectivity index (χ0) is 10.7. The number of hydrogen-bond donors (Lipinski definition) is 2. The Morgan fingerprint density at radius 1 is 1.33 bits per heavy atom. The third-order valence-corrected chi connectivity index (χ3v) is 2.41. The molecule has 1 atom stereocenters. The van der Waals surface area contributed by atoms with Gasteiger partial charge in [-0.15, -0.1) is 12.4 Å². The zero-order valence-electron chi connectivity index (χ0n) is 9.03. The lowest BCUT2D eigenvalue weighted by atomic mass is 9.97. The molecule has 0 amide bonds. The highest BCUT2D eigenvalue weighted by molar-refractivity contribution is 6.30. The highest BCUT2D eigenvalue weighted by Crippen LogP contribution is 2.26. The van der Waals surface area contributed by atoms with Crippen molar-refractivity contribution in [1.29, 1.82) is 0 Å². The van der Waals surface area contributed by atoms with E-state index in [1.54, 1.807) is 12.1 Å². The highest BCUT2D eigenvalue weighted by atomic mass is 35.5. The van der Waals surface area contributed by atoms with E-state index in [4.69, 9.17) is 23.1 Å². The van der Waals surface area contributed by atoms with Crippen LogP contribution in [0.3, 0.4) is 0 Å². The van der Waals surface area contributed by atoms with Gasteiger partial charge in [-0.2, -0.15) is 0 Å². The van der Waals surface area contributed by atoms with Gasteiger partial charge in [-0.1, -0.05) is 25.4 Å². The fourth-order valence-electron chi connectivity index (χ4n) is 1.50. The van der Waals surface area contributed by atoms with E-state index in [0.717, 1.165) is 17.7 Å². The van der Waals surface area contributed by atoms with Crippen molar-refractivity contribution in [1.82, 2.24) is 0 Å². The molecule has 0 saturated carbocycles. The third kappa shape index (κ3) is 4.29. The van der Waals surface area contributed by atoms with Crippen molar-refractivity contribution in [2.45, 2.75) is 26.3 Å². The van der Waals surface area contributed by atoms with Gasteiger partial charge in [-0.3, -0.25) is 0 Å². The van der Waals surface area contributed by atoms with Gasteiger partial charge in [0.05, 0.1) is 0 Å². The average molecular weight is 249 g/mol. The summed E-state index contributed by atoms with van der Waals surface area (Å²) < 4.78 is 0. The van der Waals surface area contributed by atoms with E-state index >= 15 is 0 Å². The van der Waals surface area contributed by atoms with Gasteiger partial charge in [0, 0.05) is 16.8 Å². The van der Waals surface area contributed by atoms with Gasteiger partial charge in [0.25, 0.3) is 0 Å². The average Bonchev–Trinajstić information content (AvgIpc) is 2.08. The van der Waals surface area contributed by atoms with Crippen molar-refractivity contribution in [2.24, 2.45) is 11.7 Å². The second-order valence-corrected chi connectivity index (χ2v) is 4.45. The minimum absolute atomic E-state index is 0. The Morgan fingerprint density at radius 3 is 2.47 bits per heavy atom. The van der Waals surface area contributed by atoms with Crippen LogP contribution in [0, 0.1) is 5.92 Å². The normalized spacial score (nSPS) is 12.3. The number of benzene rings is 1. The van der Waals surface area contributed by atoms with Crippen LogP contribution in [-0.2, 0) is 0 Å². The minimum atomic E-state index is -0.0197. The summed E-state index contributed by atoms with van der Waals surface area (Å²) >= 11 is 5.89. The number of halogens is 2. The summed E-state index contributed by atoms with van der Waals surface area (Å²) in [6, 6.07) is 5.42. The van der Waals surface area contributed by atoms with Crippen molar-refractivity contribution >= 4 is 29.7 Å². The minimum Gasteiger partial charge on any atom is -0.398 e. The maximum absolute atomic E-state index is 6.03. The first kappa shape index (κ1) is 14.6. The van der Waals surface area contributed by atoms with E-state index in [0.29, 0.717) is 10.9 Å². The second-order valence-electron chi connectivity index (χ2n) is 4.01. The summed E-state index contributed by atoms with van der Waals surface area (Å²) in [4.78, 5) is 0. The summed E-state index contributed by atoms with van der Waals surface area (Å²) in [6.07, 6.45) is 0.921. The highest BCUT2D eigenvalue weighted by Gasteiger charge is 2.11. The molecule has 1 aromatic rings. The molecule has 0 saturated heterocycles. The monoisotopic (exact) mass is 248 g/mol. The lowest BCUT2D eigenvalue weighted by Crippen LogP contribution is -2.14. The van der Waals surface area contributed by atoms with Gasteiger partial charge in [0.15, 0.2) is 0 Å². The fraction of sp³-hybridized carbons (Fsp3) is 0.455. The smallest absolute Gasteiger partial charge is 0.0410 e. The van der Waals surface area contributed by atoms with Gasteiger partial charge < -0.3 is 11.5 Å². The fourth-order valence-corrected chi connectivity index (χ4v) is 1.68. The molecule has 0 aromatic heterocycles. The summed E-state index contributed by atoms with van der Waals surface area (Å²) in [5.41, 5.74) is 13.5. The summed E-state index contributed by atoms with van der Waals surface area (Å²) in [6.45, 7) is 4.28. The molecule has 0 unspecified atom stereocenters. The van der Waals surface area contributed by atoms with Crippen LogP contribution in [0.1, 0.15) is 31.9 Å². The first-order chi connectivity index (χ1) is 6.50. The lowest BCUT2D eigenvalue weighted by Gasteiger charge is -2.16. The maximum Gasteiger partial charge on any atom is 0.0410 e. The molecule has 0 aliphatic rings. The van der Waals surface area contributed by atoms with Crippen molar-refractivity contribution in [3.63, 3.8) is 0 Å². The van der Waals surface area contributed by atoms with E-state index in [1.165, 1.54) is 0 Å². The number of nitrogens with two attached hydrogens (primary N) is 2. The largest absolute Gasteiger partial charge is 0.398 e. The van der Waals surface area contributed by atoms with Crippen LogP contribution in [0.4, 0.5) is 5.69 Å². The molecule has 1 rings (SSSR count). The van der Waals surface area contributed by atoms with E-state index in [1.807, 2.05) is 6.07 Å². The summed E-state index contributed by atoms with van der Waals surface area (Å²) in [7, 11) is 0. The Bertz CT molecular complexity index is 313. The van der Waals surface area contributed by atoms with Gasteiger partial charge in [0.2, 0.25) is 0 Å². The molecule has 86 valence electrons. The van der Waals surface area contributed by atoms with Crippen molar-refractivity contribution < 1.29 is 0 Å². The van der Waals surface area contributed by atoms with Crippen LogP contribution in [0.25, 0.3) is 0 Å². The SMILES string of the molecule is CC(C)C[C@H](N)c1cc(Cl)ccc1N.Cl. The summed E-state index contributed by atoms with van der Waals surface area (Å²) in [5.74, 6) is 0.559. The lowest BCUT2D eigenvalue weighted by molar-refractivity contribution is 0.511. The molecule has 2 nitrogen and oxygen atoms in total. The topological polar surface area (TPSA) is 52.0 Å². The van der Waals surface area contributed by atoms with E-state index in [2.05, 4.69) is 13.8 Å². The Kier molecular flexibility index (Phi) is 6.03. The first-order valence-electron chi connectivity index (χ1n) is 4.81. The molecule has 0 radical (unpaired) electrons. The van der Waals surface area contributed by atoms with Gasteiger partial charge >= 0.3 is 0 Å². The van der Waals surface area contributed by atoms with Crippen LogP contribution < -0.4 is 11.5 Å². The number of rotatable bonds is 3. The number of nitrogen functional groups attached to an aromatic ring is 1. The zero-order valence-corrected chi connectivity index (χ0v) is 10.6. The molecule has 0 spiro atoms. The molecule has 0 aliphatic carbocycles. The maximum atomic E-state index is 6.03. The molecular formula is C11H18Cl2N2. The Morgan fingerprint density at radius 2 is 1.93 bits per heavy atom. The standard InChI is InChI=1S/C11H17ClN2.ClH/c1-7(2)5-11(14)9-6-8(12)3-4-10(9)13;/h3-4,6-7,11H,5,13-14H2,1-2H3;1H/t11-;/m0./s1. The molecular weight excluding hydrogens is 231 g/mol. The quantitative estimate of drug-likeness (QED) is 0.806. The third-order valence-electron chi connectivity index (χ3n) is 2.17. The van der Waals surface area contributed by atoms with Gasteiger partial charge in [0.1, 0.15) is 0 Å². The molecule has 4 heteroatoms. The Hall–Kier alpha value is -0.440. The van der Waals surface area contributed by atoms with Crippen molar-refractivity contribution in [3.05, 3.63) is 28.8 Å². The summed E-state index contributed by atoms with van der Waals surface area (Å²) in [5, 5.41) is 0.688. The van der Waals surface area contributed by atoms with Crippen LogP contribution in [0.2, 0.25) is 5.02 Å². The van der Waals surface area contributed by atoms with Crippen molar-refractivity contribution in [3.8, 4) is 0 Å². The predicted octanol–water partition coefficient (Wildman–Crippen LogP) is 3.39. The van der Waals surface area contributed by atoms with E-state index in [9.17, 15) is 0 Å². The predicted molar refractivity (Wildman–Crippen MR) is 69.5 cm³/mol. The molecule has 0 fully saturated rings. The van der Waals surface area contributed by atoms with Crippen LogP contribution in [0.5, 0.6) is 0 Å². The molecule has 0 aliphatic heterocycles. The van der Waals surface area contributed by atoms with Crippen molar-refractivity contribution in [2.75, 3.05) is 5.73 Å². The Balaban J connectivity index is 0.00000196. The van der Waals surface area contributed by atoms with Crippen LogP contribution in [-0.4, -0.2) is 0 Å². The molecule has 0 bridgehead atoms. The number of hydrogen-bond acceptors (Lipinski definition) is 2. The van der Waals surface area contributed by atoms with Gasteiger partial charge in [-0.25, -0.2) is 0 Å². The molecule has 4 N–H and O–H groups in total. The second kappa shape index (κ2) is 6.21. The first-order valence-corrected chi connectivity index (χ1v) is 5.19. The van der Waals surface area contributed by atoms with Crippen LogP contribution >= 0.6 is 24.0 Å². The molecule has 15 heavy (non-hydrogen) atoms. The molecule has 0 heterocycles. The van der Waals surface area contributed by atoms with Gasteiger partial charge in [-0.05, 0) is 36.1 Å².